The SMILES string of the molecule is CN(CCc1ccncc1)C(=O)C(C)(C)C(=O)NCc1ccc(F)cc1. The van der Waals surface area contributed by atoms with Crippen molar-refractivity contribution >= 4 is 11.8 Å². The Balaban J connectivity index is 1.90. The zero-order chi connectivity index (χ0) is 19.2. The molecule has 2 rings (SSSR count). The van der Waals surface area contributed by atoms with Crippen LogP contribution >= 0.6 is 0 Å². The fourth-order valence-corrected chi connectivity index (χ4v) is 2.53. The van der Waals surface area contributed by atoms with Gasteiger partial charge in [-0.2, -0.15) is 0 Å². The van der Waals surface area contributed by atoms with Gasteiger partial charge < -0.3 is 10.2 Å². The van der Waals surface area contributed by atoms with Gasteiger partial charge in [0, 0.05) is 32.5 Å². The molecular weight excluding hydrogens is 333 g/mol. The lowest BCUT2D eigenvalue weighted by molar-refractivity contribution is -0.147. The van der Waals surface area contributed by atoms with Crippen molar-refractivity contribution in [1.82, 2.24) is 15.2 Å². The van der Waals surface area contributed by atoms with Crippen LogP contribution in [0.4, 0.5) is 4.39 Å². The number of halogens is 1. The Labute approximate surface area is 153 Å². The lowest BCUT2D eigenvalue weighted by Gasteiger charge is -2.28. The smallest absolute Gasteiger partial charge is 0.237 e. The van der Waals surface area contributed by atoms with Crippen LogP contribution in [0.1, 0.15) is 25.0 Å². The maximum atomic E-state index is 12.9. The highest BCUT2D eigenvalue weighted by atomic mass is 19.1. The summed E-state index contributed by atoms with van der Waals surface area (Å²) in [4.78, 5) is 30.7. The zero-order valence-corrected chi connectivity index (χ0v) is 15.3. The van der Waals surface area contributed by atoms with Crippen LogP contribution in [0.15, 0.2) is 48.8 Å². The molecule has 1 heterocycles. The maximum Gasteiger partial charge on any atom is 0.237 e. The van der Waals surface area contributed by atoms with Crippen molar-refractivity contribution in [2.45, 2.75) is 26.8 Å². The van der Waals surface area contributed by atoms with Gasteiger partial charge in [0.05, 0.1) is 0 Å². The number of hydrogen-bond donors (Lipinski definition) is 1. The van der Waals surface area contributed by atoms with Crippen LogP contribution in [0.3, 0.4) is 0 Å². The predicted molar refractivity (Wildman–Crippen MR) is 97.6 cm³/mol. The van der Waals surface area contributed by atoms with Gasteiger partial charge in [0.15, 0.2) is 0 Å². The normalized spacial score (nSPS) is 11.1. The molecule has 2 amide bonds. The average molecular weight is 357 g/mol. The molecule has 0 saturated heterocycles. The van der Waals surface area contributed by atoms with E-state index in [0.717, 1.165) is 11.1 Å². The number of rotatable bonds is 7. The van der Waals surface area contributed by atoms with E-state index in [1.165, 1.54) is 12.1 Å². The highest BCUT2D eigenvalue weighted by Gasteiger charge is 2.37. The van der Waals surface area contributed by atoms with Gasteiger partial charge in [-0.3, -0.25) is 14.6 Å². The Hall–Kier alpha value is -2.76. The Morgan fingerprint density at radius 3 is 2.31 bits per heavy atom. The molecule has 0 fully saturated rings. The summed E-state index contributed by atoms with van der Waals surface area (Å²) in [5, 5.41) is 2.75. The second-order valence-corrected chi connectivity index (χ2v) is 6.77. The van der Waals surface area contributed by atoms with Crippen LogP contribution < -0.4 is 5.32 Å². The summed E-state index contributed by atoms with van der Waals surface area (Å²) in [6.45, 7) is 3.98. The minimum absolute atomic E-state index is 0.247. The summed E-state index contributed by atoms with van der Waals surface area (Å²) in [6.07, 6.45) is 4.12. The van der Waals surface area contributed by atoms with Gasteiger partial charge >= 0.3 is 0 Å². The third-order valence-corrected chi connectivity index (χ3v) is 4.30. The highest BCUT2D eigenvalue weighted by Crippen LogP contribution is 2.19. The third-order valence-electron chi connectivity index (χ3n) is 4.30. The number of amides is 2. The van der Waals surface area contributed by atoms with E-state index < -0.39 is 5.41 Å². The molecule has 0 spiro atoms. The van der Waals surface area contributed by atoms with Crippen LogP contribution in [-0.4, -0.2) is 35.3 Å². The van der Waals surface area contributed by atoms with Gasteiger partial charge in [0.2, 0.25) is 11.8 Å². The minimum atomic E-state index is -1.19. The first-order valence-corrected chi connectivity index (χ1v) is 8.48. The molecule has 0 bridgehead atoms. The molecule has 6 heteroatoms. The standard InChI is InChI=1S/C20H24FN3O2/c1-20(2,18(25)23-14-16-4-6-17(21)7-5-16)19(26)24(3)13-10-15-8-11-22-12-9-15/h4-9,11-12H,10,13-14H2,1-3H3,(H,23,25). The van der Waals surface area contributed by atoms with Gasteiger partial charge in [-0.25, -0.2) is 4.39 Å². The van der Waals surface area contributed by atoms with Crippen LogP contribution in [0.2, 0.25) is 0 Å². The molecule has 1 aromatic carbocycles. The number of carbonyl (C=O) groups is 2. The van der Waals surface area contributed by atoms with Crippen molar-refractivity contribution < 1.29 is 14.0 Å². The van der Waals surface area contributed by atoms with E-state index in [0.29, 0.717) is 13.0 Å². The van der Waals surface area contributed by atoms with Crippen LogP contribution in [0, 0.1) is 11.2 Å². The minimum Gasteiger partial charge on any atom is -0.351 e. The van der Waals surface area contributed by atoms with E-state index in [9.17, 15) is 14.0 Å². The first-order chi connectivity index (χ1) is 12.3. The molecule has 0 aliphatic carbocycles. The van der Waals surface area contributed by atoms with Gasteiger partial charge in [-0.15, -0.1) is 0 Å². The third kappa shape index (κ3) is 5.12. The molecular formula is C20H24FN3O2. The Kier molecular flexibility index (Phi) is 6.44. The predicted octanol–water partition coefficient (Wildman–Crippen LogP) is 2.56. The number of pyridine rings is 1. The number of nitrogens with zero attached hydrogens (tertiary/aromatic N) is 2. The monoisotopic (exact) mass is 357 g/mol. The second kappa shape index (κ2) is 8.56. The summed E-state index contributed by atoms with van der Waals surface area (Å²) >= 11 is 0. The number of nitrogens with one attached hydrogen (secondary N) is 1. The Morgan fingerprint density at radius 1 is 1.08 bits per heavy atom. The number of aromatic nitrogens is 1. The zero-order valence-electron chi connectivity index (χ0n) is 15.3. The van der Waals surface area contributed by atoms with E-state index in [4.69, 9.17) is 0 Å². The van der Waals surface area contributed by atoms with Gasteiger partial charge in [0.25, 0.3) is 0 Å². The van der Waals surface area contributed by atoms with Crippen molar-refractivity contribution in [1.29, 1.82) is 0 Å². The van der Waals surface area contributed by atoms with Crippen LogP contribution in [0.5, 0.6) is 0 Å². The van der Waals surface area contributed by atoms with Crippen LogP contribution in [0.25, 0.3) is 0 Å². The molecule has 5 nitrogen and oxygen atoms in total. The van der Waals surface area contributed by atoms with Crippen molar-refractivity contribution in [2.24, 2.45) is 5.41 Å². The lowest BCUT2D eigenvalue weighted by atomic mass is 9.90. The molecule has 0 atom stereocenters. The summed E-state index contributed by atoms with van der Waals surface area (Å²) in [5.74, 6) is -0.933. The van der Waals surface area contributed by atoms with Gasteiger partial charge in [0.1, 0.15) is 11.2 Å². The fraction of sp³-hybridized carbons (Fsp3) is 0.350. The number of benzene rings is 1. The summed E-state index contributed by atoms with van der Waals surface area (Å²) in [6, 6.07) is 9.68. The molecule has 0 aliphatic heterocycles. The van der Waals surface area contributed by atoms with Crippen molar-refractivity contribution in [3.8, 4) is 0 Å². The van der Waals surface area contributed by atoms with Crippen molar-refractivity contribution in [3.63, 3.8) is 0 Å². The molecule has 0 saturated carbocycles. The largest absolute Gasteiger partial charge is 0.351 e. The molecule has 0 unspecified atom stereocenters. The fourth-order valence-electron chi connectivity index (χ4n) is 2.53. The lowest BCUT2D eigenvalue weighted by Crippen LogP contribution is -2.48. The first kappa shape index (κ1) is 19.6. The highest BCUT2D eigenvalue weighted by molar-refractivity contribution is 6.04. The number of likely N-dealkylation sites (N-methyl/N-ethyl adjacent to an activating group) is 1. The Morgan fingerprint density at radius 2 is 1.69 bits per heavy atom. The molecule has 0 radical (unpaired) electrons. The molecule has 138 valence electrons. The summed E-state index contributed by atoms with van der Waals surface area (Å²) < 4.78 is 12.9. The van der Waals surface area contributed by atoms with Crippen molar-refractivity contribution in [2.75, 3.05) is 13.6 Å². The van der Waals surface area contributed by atoms with Gasteiger partial charge in [-0.1, -0.05) is 12.1 Å². The van der Waals surface area contributed by atoms with E-state index >= 15 is 0 Å². The molecule has 1 aromatic heterocycles. The average Bonchev–Trinajstić information content (AvgIpc) is 2.65. The number of hydrogen-bond acceptors (Lipinski definition) is 3. The van der Waals surface area contributed by atoms with E-state index in [-0.39, 0.29) is 24.2 Å². The van der Waals surface area contributed by atoms with E-state index in [1.54, 1.807) is 50.3 Å². The quantitative estimate of drug-likeness (QED) is 0.775. The topological polar surface area (TPSA) is 62.3 Å². The van der Waals surface area contributed by atoms with Crippen molar-refractivity contribution in [3.05, 3.63) is 65.7 Å². The second-order valence-electron chi connectivity index (χ2n) is 6.77. The molecule has 1 N–H and O–H groups in total. The molecule has 2 aromatic rings. The Bertz CT molecular complexity index is 745. The maximum absolute atomic E-state index is 12.9. The number of carbonyl (C=O) groups excluding carboxylic acids is 2. The van der Waals surface area contributed by atoms with Crippen LogP contribution in [-0.2, 0) is 22.6 Å². The summed E-state index contributed by atoms with van der Waals surface area (Å²) in [5.41, 5.74) is 0.666. The molecule has 0 aliphatic rings. The molecule has 26 heavy (non-hydrogen) atoms. The summed E-state index contributed by atoms with van der Waals surface area (Å²) in [7, 11) is 1.69. The van der Waals surface area contributed by atoms with E-state index in [1.807, 2.05) is 12.1 Å². The first-order valence-electron chi connectivity index (χ1n) is 8.48. The van der Waals surface area contributed by atoms with Gasteiger partial charge in [-0.05, 0) is 55.7 Å². The van der Waals surface area contributed by atoms with E-state index in [2.05, 4.69) is 10.3 Å².